The van der Waals surface area contributed by atoms with Gasteiger partial charge in [0.15, 0.2) is 0 Å². The van der Waals surface area contributed by atoms with Crippen molar-refractivity contribution in [3.05, 3.63) is 41.3 Å². The molecule has 0 saturated carbocycles. The first-order valence-electron chi connectivity index (χ1n) is 4.84. The lowest BCUT2D eigenvalue weighted by Crippen LogP contribution is -1.92. The number of methoxy groups -OCH3 is 1. The summed E-state index contributed by atoms with van der Waals surface area (Å²) >= 11 is 6.17. The van der Waals surface area contributed by atoms with Crippen LogP contribution in [-0.2, 0) is 0 Å². The van der Waals surface area contributed by atoms with Crippen LogP contribution in [0.3, 0.4) is 0 Å². The van der Waals surface area contributed by atoms with Gasteiger partial charge < -0.3 is 4.74 Å². The summed E-state index contributed by atoms with van der Waals surface area (Å²) in [6, 6.07) is 5.51. The highest BCUT2D eigenvalue weighted by atomic mass is 35.5. The van der Waals surface area contributed by atoms with Gasteiger partial charge in [0.1, 0.15) is 5.75 Å². The summed E-state index contributed by atoms with van der Waals surface area (Å²) in [5.74, 6) is 0.732. The van der Waals surface area contributed by atoms with E-state index in [1.54, 1.807) is 25.6 Å². The minimum atomic E-state index is 0.614. The second-order valence-corrected chi connectivity index (χ2v) is 3.74. The van der Waals surface area contributed by atoms with Crippen LogP contribution in [0.25, 0.3) is 11.3 Å². The molecule has 0 aliphatic rings. The Morgan fingerprint density at radius 1 is 1.19 bits per heavy atom. The van der Waals surface area contributed by atoms with Crippen LogP contribution < -0.4 is 4.74 Å². The van der Waals surface area contributed by atoms with Crippen LogP contribution in [0.4, 0.5) is 0 Å². The van der Waals surface area contributed by atoms with Crippen LogP contribution in [0.15, 0.2) is 30.6 Å². The van der Waals surface area contributed by atoms with Crippen molar-refractivity contribution < 1.29 is 4.74 Å². The van der Waals surface area contributed by atoms with E-state index in [-0.39, 0.29) is 0 Å². The Bertz CT molecular complexity index is 514. The van der Waals surface area contributed by atoms with E-state index < -0.39 is 0 Å². The molecule has 0 amide bonds. The zero-order valence-corrected chi connectivity index (χ0v) is 9.82. The van der Waals surface area contributed by atoms with Crippen LogP contribution in [-0.4, -0.2) is 17.1 Å². The number of nitrogens with zero attached hydrogens (tertiary/aromatic N) is 2. The number of aromatic nitrogens is 2. The lowest BCUT2D eigenvalue weighted by molar-refractivity contribution is 0.415. The Morgan fingerprint density at radius 3 is 2.56 bits per heavy atom. The van der Waals surface area contributed by atoms with Crippen molar-refractivity contribution in [3.63, 3.8) is 0 Å². The zero-order chi connectivity index (χ0) is 11.5. The summed E-state index contributed by atoms with van der Waals surface area (Å²) < 4.78 is 5.10. The summed E-state index contributed by atoms with van der Waals surface area (Å²) in [5, 5.41) is 0.614. The fourth-order valence-corrected chi connectivity index (χ4v) is 1.75. The molecule has 1 heterocycles. The molecule has 16 heavy (non-hydrogen) atoms. The summed E-state index contributed by atoms with van der Waals surface area (Å²) in [7, 11) is 1.61. The molecule has 0 spiro atoms. The predicted octanol–water partition coefficient (Wildman–Crippen LogP) is 3.11. The molecule has 82 valence electrons. The highest BCUT2D eigenvalue weighted by Gasteiger charge is 2.09. The molecule has 0 N–H and O–H groups in total. The summed E-state index contributed by atoms with van der Waals surface area (Å²) in [6.45, 7) is 1.91. The number of hydrogen-bond acceptors (Lipinski definition) is 3. The van der Waals surface area contributed by atoms with Gasteiger partial charge in [-0.1, -0.05) is 11.6 Å². The molecule has 0 bridgehead atoms. The molecule has 1 aromatic carbocycles. The Hall–Kier alpha value is -1.61. The Labute approximate surface area is 99.1 Å². The van der Waals surface area contributed by atoms with Crippen molar-refractivity contribution in [1.82, 2.24) is 9.97 Å². The van der Waals surface area contributed by atoms with Gasteiger partial charge in [0.05, 0.1) is 23.5 Å². The van der Waals surface area contributed by atoms with Gasteiger partial charge in [0, 0.05) is 18.0 Å². The van der Waals surface area contributed by atoms with Gasteiger partial charge in [-0.3, -0.25) is 9.97 Å². The monoisotopic (exact) mass is 234 g/mol. The number of ether oxygens (including phenoxy) is 1. The maximum atomic E-state index is 6.17. The van der Waals surface area contributed by atoms with Crippen molar-refractivity contribution >= 4 is 11.6 Å². The number of benzene rings is 1. The van der Waals surface area contributed by atoms with Crippen molar-refractivity contribution in [3.8, 4) is 17.0 Å². The Kier molecular flexibility index (Phi) is 3.06. The van der Waals surface area contributed by atoms with E-state index in [4.69, 9.17) is 16.3 Å². The molecule has 2 rings (SSSR count). The third-order valence-corrected chi connectivity index (χ3v) is 2.63. The van der Waals surface area contributed by atoms with Gasteiger partial charge in [0.2, 0.25) is 0 Å². The standard InChI is InChI=1S/C12H11ClN2O/c1-8-12(15-6-5-14-8)10-4-3-9(16-2)7-11(10)13/h3-7H,1-2H3. The van der Waals surface area contributed by atoms with Crippen LogP contribution in [0, 0.1) is 6.92 Å². The molecule has 0 unspecified atom stereocenters. The molecule has 0 atom stereocenters. The first-order chi connectivity index (χ1) is 7.72. The summed E-state index contributed by atoms with van der Waals surface area (Å²) in [5.41, 5.74) is 2.53. The fraction of sp³-hybridized carbons (Fsp3) is 0.167. The van der Waals surface area contributed by atoms with E-state index in [1.807, 2.05) is 19.1 Å². The SMILES string of the molecule is COc1ccc(-c2nccnc2C)c(Cl)c1. The molecular formula is C12H11ClN2O. The number of hydrogen-bond donors (Lipinski definition) is 0. The molecule has 4 heteroatoms. The van der Waals surface area contributed by atoms with Gasteiger partial charge in [-0.15, -0.1) is 0 Å². The number of rotatable bonds is 2. The molecule has 0 aliphatic carbocycles. The molecule has 1 aromatic heterocycles. The topological polar surface area (TPSA) is 35.0 Å². The average molecular weight is 235 g/mol. The second kappa shape index (κ2) is 4.49. The van der Waals surface area contributed by atoms with E-state index in [0.29, 0.717) is 5.02 Å². The molecule has 2 aromatic rings. The zero-order valence-electron chi connectivity index (χ0n) is 9.07. The van der Waals surface area contributed by atoms with Gasteiger partial charge in [0.25, 0.3) is 0 Å². The van der Waals surface area contributed by atoms with Crippen LogP contribution >= 0.6 is 11.6 Å². The first-order valence-corrected chi connectivity index (χ1v) is 5.21. The lowest BCUT2D eigenvalue weighted by atomic mass is 10.1. The minimum Gasteiger partial charge on any atom is -0.497 e. The van der Waals surface area contributed by atoms with Crippen molar-refractivity contribution in [2.45, 2.75) is 6.92 Å². The van der Waals surface area contributed by atoms with Crippen LogP contribution in [0.1, 0.15) is 5.69 Å². The average Bonchev–Trinajstić information content (AvgIpc) is 2.30. The largest absolute Gasteiger partial charge is 0.497 e. The van der Waals surface area contributed by atoms with E-state index in [1.165, 1.54) is 0 Å². The normalized spacial score (nSPS) is 10.2. The van der Waals surface area contributed by atoms with Crippen molar-refractivity contribution in [2.75, 3.05) is 7.11 Å². The Balaban J connectivity index is 2.53. The Morgan fingerprint density at radius 2 is 1.94 bits per heavy atom. The smallest absolute Gasteiger partial charge is 0.120 e. The molecule has 0 saturated heterocycles. The predicted molar refractivity (Wildman–Crippen MR) is 63.8 cm³/mol. The quantitative estimate of drug-likeness (QED) is 0.801. The fourth-order valence-electron chi connectivity index (χ4n) is 1.49. The molecule has 0 radical (unpaired) electrons. The third kappa shape index (κ3) is 1.99. The van der Waals surface area contributed by atoms with Gasteiger partial charge in [-0.25, -0.2) is 0 Å². The van der Waals surface area contributed by atoms with Crippen LogP contribution in [0.5, 0.6) is 5.75 Å². The first kappa shape index (κ1) is 10.9. The highest BCUT2D eigenvalue weighted by Crippen LogP contribution is 2.30. The summed E-state index contributed by atoms with van der Waals surface area (Å²) in [6.07, 6.45) is 3.32. The number of aryl methyl sites for hydroxylation is 1. The maximum Gasteiger partial charge on any atom is 0.120 e. The van der Waals surface area contributed by atoms with Crippen molar-refractivity contribution in [1.29, 1.82) is 0 Å². The second-order valence-electron chi connectivity index (χ2n) is 3.34. The van der Waals surface area contributed by atoms with E-state index in [9.17, 15) is 0 Å². The minimum absolute atomic E-state index is 0.614. The van der Waals surface area contributed by atoms with Crippen LogP contribution in [0.2, 0.25) is 5.02 Å². The molecular weight excluding hydrogens is 224 g/mol. The molecule has 3 nitrogen and oxygen atoms in total. The lowest BCUT2D eigenvalue weighted by Gasteiger charge is -2.07. The van der Waals surface area contributed by atoms with E-state index in [2.05, 4.69) is 9.97 Å². The van der Waals surface area contributed by atoms with Gasteiger partial charge in [-0.2, -0.15) is 0 Å². The van der Waals surface area contributed by atoms with E-state index >= 15 is 0 Å². The summed E-state index contributed by atoms with van der Waals surface area (Å²) in [4.78, 5) is 8.46. The molecule has 0 aliphatic heterocycles. The highest BCUT2D eigenvalue weighted by molar-refractivity contribution is 6.33. The molecule has 0 fully saturated rings. The maximum absolute atomic E-state index is 6.17. The van der Waals surface area contributed by atoms with Crippen molar-refractivity contribution in [2.24, 2.45) is 0 Å². The third-order valence-electron chi connectivity index (χ3n) is 2.31. The van der Waals surface area contributed by atoms with Gasteiger partial charge in [-0.05, 0) is 25.1 Å². The van der Waals surface area contributed by atoms with Gasteiger partial charge >= 0.3 is 0 Å². The number of halogens is 1. The van der Waals surface area contributed by atoms with E-state index in [0.717, 1.165) is 22.7 Å².